The van der Waals surface area contributed by atoms with E-state index in [9.17, 15) is 4.79 Å². The molecule has 2 rings (SSSR count). The predicted octanol–water partition coefficient (Wildman–Crippen LogP) is 4.29. The summed E-state index contributed by atoms with van der Waals surface area (Å²) in [6, 6.07) is 3.72. The average Bonchev–Trinajstić information content (AvgIpc) is 2.89. The van der Waals surface area contributed by atoms with Crippen molar-refractivity contribution in [3.05, 3.63) is 30.2 Å². The van der Waals surface area contributed by atoms with Gasteiger partial charge in [0.25, 0.3) is 5.91 Å². The zero-order valence-electron chi connectivity index (χ0n) is 13.9. The zero-order chi connectivity index (χ0) is 16.0. The number of carbonyl (C=O) groups is 1. The summed E-state index contributed by atoms with van der Waals surface area (Å²) in [6.07, 6.45) is 9.47. The average molecular weight is 301 g/mol. The minimum absolute atomic E-state index is 0.0362. The molecular formula is C18H27N3O. The molecule has 0 spiro atoms. The Kier molecular flexibility index (Phi) is 5.58. The highest BCUT2D eigenvalue weighted by atomic mass is 16.1. The number of hydrogen-bond acceptors (Lipinski definition) is 2. The Morgan fingerprint density at radius 1 is 1.23 bits per heavy atom. The third-order valence-corrected chi connectivity index (χ3v) is 3.80. The van der Waals surface area contributed by atoms with Crippen molar-refractivity contribution in [2.45, 2.75) is 52.9 Å². The van der Waals surface area contributed by atoms with Crippen molar-refractivity contribution < 1.29 is 4.79 Å². The first kappa shape index (κ1) is 16.5. The van der Waals surface area contributed by atoms with Gasteiger partial charge in [-0.2, -0.15) is 0 Å². The fraction of sp³-hybridized carbons (Fsp3) is 0.556. The predicted molar refractivity (Wildman–Crippen MR) is 91.0 cm³/mol. The van der Waals surface area contributed by atoms with Crippen LogP contribution in [0.25, 0.3) is 10.9 Å². The molecule has 0 saturated carbocycles. The second-order valence-electron chi connectivity index (χ2n) is 7.13. The molecule has 0 unspecified atom stereocenters. The number of amides is 1. The number of unbranched alkanes of at least 4 members (excludes halogenated alkanes) is 3. The minimum Gasteiger partial charge on any atom is -0.351 e. The van der Waals surface area contributed by atoms with Gasteiger partial charge in [-0.15, -0.1) is 0 Å². The molecule has 0 bridgehead atoms. The van der Waals surface area contributed by atoms with Crippen LogP contribution in [0.4, 0.5) is 0 Å². The number of pyridine rings is 1. The lowest BCUT2D eigenvalue weighted by molar-refractivity contribution is 0.0949. The van der Waals surface area contributed by atoms with Crippen molar-refractivity contribution >= 4 is 16.8 Å². The Morgan fingerprint density at radius 3 is 2.73 bits per heavy atom. The molecule has 0 fully saturated rings. The van der Waals surface area contributed by atoms with Crippen LogP contribution >= 0.6 is 0 Å². The maximum Gasteiger partial charge on any atom is 0.267 e. The van der Waals surface area contributed by atoms with E-state index >= 15 is 0 Å². The number of aromatic amines is 1. The van der Waals surface area contributed by atoms with Gasteiger partial charge in [0.15, 0.2) is 0 Å². The van der Waals surface area contributed by atoms with Crippen molar-refractivity contribution in [2.24, 2.45) is 5.41 Å². The molecule has 2 aromatic rings. The molecule has 0 aliphatic carbocycles. The van der Waals surface area contributed by atoms with Crippen LogP contribution in [0.15, 0.2) is 24.5 Å². The number of carbonyl (C=O) groups excluding carboxylic acids is 1. The van der Waals surface area contributed by atoms with Gasteiger partial charge in [-0.3, -0.25) is 9.78 Å². The molecule has 0 radical (unpaired) electrons. The number of aromatic nitrogens is 2. The van der Waals surface area contributed by atoms with Crippen LogP contribution in [0.1, 0.15) is 63.4 Å². The van der Waals surface area contributed by atoms with Crippen LogP contribution < -0.4 is 5.32 Å². The maximum atomic E-state index is 12.1. The molecule has 0 aliphatic rings. The van der Waals surface area contributed by atoms with Gasteiger partial charge in [0.1, 0.15) is 5.69 Å². The Bertz CT molecular complexity index is 577. The van der Waals surface area contributed by atoms with E-state index in [2.05, 4.69) is 36.1 Å². The smallest absolute Gasteiger partial charge is 0.267 e. The summed E-state index contributed by atoms with van der Waals surface area (Å²) in [5.74, 6) is -0.0362. The van der Waals surface area contributed by atoms with E-state index in [4.69, 9.17) is 0 Å². The third-order valence-electron chi connectivity index (χ3n) is 3.80. The molecule has 2 N–H and O–H groups in total. The van der Waals surface area contributed by atoms with Gasteiger partial charge in [-0.05, 0) is 30.4 Å². The largest absolute Gasteiger partial charge is 0.351 e. The lowest BCUT2D eigenvalue weighted by Crippen LogP contribution is -2.24. The summed E-state index contributed by atoms with van der Waals surface area (Å²) in [5, 5.41) is 3.94. The maximum absolute atomic E-state index is 12.1. The SMILES string of the molecule is CC(C)(C)CCCCCCNC(=O)c1cc2cnccc2[nH]1. The second-order valence-corrected chi connectivity index (χ2v) is 7.13. The van der Waals surface area contributed by atoms with Crippen LogP contribution in [-0.4, -0.2) is 22.4 Å². The summed E-state index contributed by atoms with van der Waals surface area (Å²) in [4.78, 5) is 19.2. The number of fused-ring (bicyclic) bond motifs is 1. The van der Waals surface area contributed by atoms with Crippen LogP contribution in [-0.2, 0) is 0 Å². The van der Waals surface area contributed by atoms with Crippen LogP contribution in [0.2, 0.25) is 0 Å². The van der Waals surface area contributed by atoms with Gasteiger partial charge in [-0.25, -0.2) is 0 Å². The molecule has 0 atom stereocenters. The Morgan fingerprint density at radius 2 is 2.00 bits per heavy atom. The lowest BCUT2D eigenvalue weighted by atomic mass is 9.89. The lowest BCUT2D eigenvalue weighted by Gasteiger charge is -2.17. The molecule has 2 aromatic heterocycles. The Balaban J connectivity index is 1.66. The molecule has 1 amide bonds. The van der Waals surface area contributed by atoms with E-state index in [1.807, 2.05) is 12.1 Å². The van der Waals surface area contributed by atoms with E-state index in [1.54, 1.807) is 12.4 Å². The van der Waals surface area contributed by atoms with Crippen LogP contribution in [0.5, 0.6) is 0 Å². The van der Waals surface area contributed by atoms with Crippen molar-refractivity contribution in [1.82, 2.24) is 15.3 Å². The molecule has 120 valence electrons. The van der Waals surface area contributed by atoms with E-state index in [1.165, 1.54) is 25.7 Å². The monoisotopic (exact) mass is 301 g/mol. The number of rotatable bonds is 7. The van der Waals surface area contributed by atoms with Gasteiger partial charge >= 0.3 is 0 Å². The van der Waals surface area contributed by atoms with Gasteiger partial charge in [0.2, 0.25) is 0 Å². The van der Waals surface area contributed by atoms with E-state index in [0.29, 0.717) is 11.1 Å². The first-order valence-electron chi connectivity index (χ1n) is 8.17. The summed E-state index contributed by atoms with van der Waals surface area (Å²) >= 11 is 0. The molecule has 22 heavy (non-hydrogen) atoms. The van der Waals surface area contributed by atoms with Crippen molar-refractivity contribution in [3.8, 4) is 0 Å². The van der Waals surface area contributed by atoms with Crippen molar-refractivity contribution in [1.29, 1.82) is 0 Å². The van der Waals surface area contributed by atoms with Crippen molar-refractivity contribution in [2.75, 3.05) is 6.54 Å². The van der Waals surface area contributed by atoms with Crippen LogP contribution in [0.3, 0.4) is 0 Å². The summed E-state index contributed by atoms with van der Waals surface area (Å²) in [7, 11) is 0. The quantitative estimate of drug-likeness (QED) is 0.749. The second kappa shape index (κ2) is 7.43. The highest BCUT2D eigenvalue weighted by Crippen LogP contribution is 2.22. The van der Waals surface area contributed by atoms with Gasteiger partial charge < -0.3 is 10.3 Å². The minimum atomic E-state index is -0.0362. The highest BCUT2D eigenvalue weighted by molar-refractivity contribution is 5.97. The number of hydrogen-bond donors (Lipinski definition) is 2. The third kappa shape index (κ3) is 5.17. The summed E-state index contributed by atoms with van der Waals surface area (Å²) < 4.78 is 0. The van der Waals surface area contributed by atoms with Crippen molar-refractivity contribution in [3.63, 3.8) is 0 Å². The number of nitrogens with zero attached hydrogens (tertiary/aromatic N) is 1. The molecular weight excluding hydrogens is 274 g/mol. The first-order valence-corrected chi connectivity index (χ1v) is 8.17. The molecule has 0 aromatic carbocycles. The topological polar surface area (TPSA) is 57.8 Å². The number of nitrogens with one attached hydrogen (secondary N) is 2. The molecule has 0 saturated heterocycles. The molecule has 4 heteroatoms. The summed E-state index contributed by atoms with van der Waals surface area (Å²) in [5.41, 5.74) is 1.98. The molecule has 2 heterocycles. The van der Waals surface area contributed by atoms with E-state index in [-0.39, 0.29) is 5.91 Å². The zero-order valence-corrected chi connectivity index (χ0v) is 13.9. The summed E-state index contributed by atoms with van der Waals surface area (Å²) in [6.45, 7) is 7.58. The van der Waals surface area contributed by atoms with Gasteiger partial charge in [0.05, 0.1) is 0 Å². The van der Waals surface area contributed by atoms with E-state index in [0.717, 1.165) is 23.9 Å². The Hall–Kier alpha value is -1.84. The fourth-order valence-electron chi connectivity index (χ4n) is 2.53. The normalized spacial score (nSPS) is 11.8. The van der Waals surface area contributed by atoms with Gasteiger partial charge in [0, 0.05) is 29.8 Å². The first-order chi connectivity index (χ1) is 10.5. The van der Waals surface area contributed by atoms with E-state index < -0.39 is 0 Å². The fourth-order valence-corrected chi connectivity index (χ4v) is 2.53. The number of H-pyrrole nitrogens is 1. The van der Waals surface area contributed by atoms with Gasteiger partial charge in [-0.1, -0.05) is 40.0 Å². The standard InChI is InChI=1S/C18H27N3O/c1-18(2,3)9-6-4-5-7-10-20-17(22)16-12-14-13-19-11-8-15(14)21-16/h8,11-13,21H,4-7,9-10H2,1-3H3,(H,20,22). The highest BCUT2D eigenvalue weighted by Gasteiger charge is 2.10. The molecule has 0 aliphatic heterocycles. The molecule has 4 nitrogen and oxygen atoms in total. The van der Waals surface area contributed by atoms with Crippen LogP contribution in [0, 0.1) is 5.41 Å². The Labute approximate surface area is 132 Å².